The summed E-state index contributed by atoms with van der Waals surface area (Å²) in [7, 11) is 0. The van der Waals surface area contributed by atoms with Crippen LogP contribution in [0.25, 0.3) is 11.0 Å². The van der Waals surface area contributed by atoms with Crippen molar-refractivity contribution in [2.75, 3.05) is 11.9 Å². The quantitative estimate of drug-likeness (QED) is 0.759. The lowest BCUT2D eigenvalue weighted by molar-refractivity contribution is 0.831. The fourth-order valence-electron chi connectivity index (χ4n) is 1.71. The van der Waals surface area contributed by atoms with Crippen molar-refractivity contribution in [1.29, 1.82) is 0 Å². The lowest BCUT2D eigenvalue weighted by Crippen LogP contribution is -2.03. The Morgan fingerprint density at radius 1 is 1.31 bits per heavy atom. The van der Waals surface area contributed by atoms with E-state index in [1.165, 1.54) is 12.1 Å². The summed E-state index contributed by atoms with van der Waals surface area (Å²) >= 11 is 0. The first kappa shape index (κ1) is 10.9. The SMILES string of the molecule is CCCCNc1ncnc2[nH]c(CC)cc12. The minimum atomic E-state index is 0.922. The van der Waals surface area contributed by atoms with E-state index in [2.05, 4.69) is 40.2 Å². The van der Waals surface area contributed by atoms with Gasteiger partial charge in [-0.3, -0.25) is 0 Å². The number of anilines is 1. The molecule has 4 nitrogen and oxygen atoms in total. The Labute approximate surface area is 95.5 Å². The van der Waals surface area contributed by atoms with E-state index in [9.17, 15) is 0 Å². The van der Waals surface area contributed by atoms with Gasteiger partial charge in [0, 0.05) is 12.2 Å². The van der Waals surface area contributed by atoms with Crippen molar-refractivity contribution in [2.45, 2.75) is 33.1 Å². The highest BCUT2D eigenvalue weighted by molar-refractivity contribution is 5.87. The molecule has 0 atom stereocenters. The second-order valence-electron chi connectivity index (χ2n) is 3.91. The first-order chi connectivity index (χ1) is 7.85. The van der Waals surface area contributed by atoms with Crippen LogP contribution in [0.5, 0.6) is 0 Å². The van der Waals surface area contributed by atoms with E-state index in [1.807, 2.05) is 0 Å². The Morgan fingerprint density at radius 3 is 2.94 bits per heavy atom. The molecular formula is C12H18N4. The lowest BCUT2D eigenvalue weighted by Gasteiger charge is -2.04. The Kier molecular flexibility index (Phi) is 3.39. The summed E-state index contributed by atoms with van der Waals surface area (Å²) in [5.41, 5.74) is 2.12. The molecule has 0 radical (unpaired) electrons. The van der Waals surface area contributed by atoms with Crippen molar-refractivity contribution in [3.05, 3.63) is 18.1 Å². The van der Waals surface area contributed by atoms with E-state index in [0.29, 0.717) is 0 Å². The summed E-state index contributed by atoms with van der Waals surface area (Å²) < 4.78 is 0. The minimum Gasteiger partial charge on any atom is -0.369 e. The van der Waals surface area contributed by atoms with Gasteiger partial charge in [-0.25, -0.2) is 9.97 Å². The van der Waals surface area contributed by atoms with E-state index in [4.69, 9.17) is 0 Å². The zero-order valence-electron chi connectivity index (χ0n) is 9.88. The molecule has 0 saturated heterocycles. The highest BCUT2D eigenvalue weighted by Gasteiger charge is 2.06. The second-order valence-corrected chi connectivity index (χ2v) is 3.91. The lowest BCUT2D eigenvalue weighted by atomic mass is 10.3. The molecule has 2 N–H and O–H groups in total. The number of hydrogen-bond donors (Lipinski definition) is 2. The van der Waals surface area contributed by atoms with Gasteiger partial charge in [0.1, 0.15) is 17.8 Å². The first-order valence-corrected chi connectivity index (χ1v) is 5.91. The Bertz CT molecular complexity index is 461. The number of aromatic nitrogens is 3. The number of unbranched alkanes of at least 4 members (excludes halogenated alkanes) is 1. The van der Waals surface area contributed by atoms with Crippen LogP contribution in [-0.2, 0) is 6.42 Å². The van der Waals surface area contributed by atoms with Gasteiger partial charge in [-0.15, -0.1) is 0 Å². The largest absolute Gasteiger partial charge is 0.369 e. The number of nitrogens with zero attached hydrogens (tertiary/aromatic N) is 2. The summed E-state index contributed by atoms with van der Waals surface area (Å²) in [5, 5.41) is 4.45. The number of hydrogen-bond acceptors (Lipinski definition) is 3. The molecule has 0 aliphatic rings. The molecule has 0 amide bonds. The molecule has 0 fully saturated rings. The molecule has 4 heteroatoms. The fraction of sp³-hybridized carbons (Fsp3) is 0.500. The fourth-order valence-corrected chi connectivity index (χ4v) is 1.71. The molecule has 0 unspecified atom stereocenters. The number of nitrogens with one attached hydrogen (secondary N) is 2. The topological polar surface area (TPSA) is 53.6 Å². The van der Waals surface area contributed by atoms with Crippen LogP contribution in [-0.4, -0.2) is 21.5 Å². The van der Waals surface area contributed by atoms with Gasteiger partial charge in [-0.05, 0) is 18.9 Å². The summed E-state index contributed by atoms with van der Waals surface area (Å²) in [5.74, 6) is 0.939. The van der Waals surface area contributed by atoms with Crippen molar-refractivity contribution in [1.82, 2.24) is 15.0 Å². The van der Waals surface area contributed by atoms with Gasteiger partial charge in [0.15, 0.2) is 0 Å². The monoisotopic (exact) mass is 218 g/mol. The molecule has 0 aliphatic carbocycles. The van der Waals surface area contributed by atoms with Crippen LogP contribution in [0.1, 0.15) is 32.4 Å². The molecule has 86 valence electrons. The molecule has 2 rings (SSSR count). The molecular weight excluding hydrogens is 200 g/mol. The third-order valence-electron chi connectivity index (χ3n) is 2.69. The van der Waals surface area contributed by atoms with Crippen molar-refractivity contribution in [2.24, 2.45) is 0 Å². The third kappa shape index (κ3) is 2.15. The average molecular weight is 218 g/mol. The third-order valence-corrected chi connectivity index (χ3v) is 2.69. The summed E-state index contributed by atoms with van der Waals surface area (Å²) in [6.45, 7) is 5.28. The molecule has 0 saturated carbocycles. The summed E-state index contributed by atoms with van der Waals surface area (Å²) in [6, 6.07) is 2.13. The number of aromatic amines is 1. The Morgan fingerprint density at radius 2 is 2.19 bits per heavy atom. The number of H-pyrrole nitrogens is 1. The van der Waals surface area contributed by atoms with Gasteiger partial charge < -0.3 is 10.3 Å². The Balaban J connectivity index is 2.26. The van der Waals surface area contributed by atoms with Crippen LogP contribution in [0, 0.1) is 0 Å². The predicted octanol–water partition coefficient (Wildman–Crippen LogP) is 2.73. The van der Waals surface area contributed by atoms with Crippen LogP contribution in [0.4, 0.5) is 5.82 Å². The van der Waals surface area contributed by atoms with Crippen molar-refractivity contribution >= 4 is 16.9 Å². The molecule has 16 heavy (non-hydrogen) atoms. The standard InChI is InChI=1S/C12H18N4/c1-3-5-6-13-11-10-7-9(4-2)16-12(10)15-8-14-11/h7-8H,3-6H2,1-2H3,(H2,13,14,15,16). The number of aryl methyl sites for hydroxylation is 1. The highest BCUT2D eigenvalue weighted by atomic mass is 15.0. The zero-order chi connectivity index (χ0) is 11.4. The number of fused-ring (bicyclic) bond motifs is 1. The summed E-state index contributed by atoms with van der Waals surface area (Å²) in [4.78, 5) is 11.8. The molecule has 0 spiro atoms. The second kappa shape index (κ2) is 4.96. The van der Waals surface area contributed by atoms with Gasteiger partial charge in [0.2, 0.25) is 0 Å². The molecule has 2 heterocycles. The van der Waals surface area contributed by atoms with Gasteiger partial charge in [-0.2, -0.15) is 0 Å². The van der Waals surface area contributed by atoms with Gasteiger partial charge in [0.05, 0.1) is 5.39 Å². The zero-order valence-corrected chi connectivity index (χ0v) is 9.88. The van der Waals surface area contributed by atoms with Crippen LogP contribution in [0.2, 0.25) is 0 Å². The van der Waals surface area contributed by atoms with Crippen molar-refractivity contribution in [3.63, 3.8) is 0 Å². The van der Waals surface area contributed by atoms with Crippen LogP contribution in [0.3, 0.4) is 0 Å². The number of rotatable bonds is 5. The Hall–Kier alpha value is -1.58. The molecule has 2 aromatic rings. The van der Waals surface area contributed by atoms with Crippen molar-refractivity contribution in [3.8, 4) is 0 Å². The van der Waals surface area contributed by atoms with Crippen LogP contribution in [0.15, 0.2) is 12.4 Å². The maximum atomic E-state index is 4.28. The smallest absolute Gasteiger partial charge is 0.143 e. The average Bonchev–Trinajstić information content (AvgIpc) is 2.73. The van der Waals surface area contributed by atoms with Gasteiger partial charge >= 0.3 is 0 Å². The van der Waals surface area contributed by atoms with Crippen LogP contribution >= 0.6 is 0 Å². The minimum absolute atomic E-state index is 0.922. The van der Waals surface area contributed by atoms with Gasteiger partial charge in [-0.1, -0.05) is 20.3 Å². The van der Waals surface area contributed by atoms with E-state index in [0.717, 1.165) is 36.2 Å². The first-order valence-electron chi connectivity index (χ1n) is 5.91. The van der Waals surface area contributed by atoms with E-state index in [1.54, 1.807) is 6.33 Å². The van der Waals surface area contributed by atoms with Crippen molar-refractivity contribution < 1.29 is 0 Å². The maximum absolute atomic E-state index is 4.28. The van der Waals surface area contributed by atoms with E-state index >= 15 is 0 Å². The highest BCUT2D eigenvalue weighted by Crippen LogP contribution is 2.20. The summed E-state index contributed by atoms with van der Waals surface area (Å²) in [6.07, 6.45) is 4.95. The molecule has 0 aromatic carbocycles. The normalized spacial score (nSPS) is 10.9. The van der Waals surface area contributed by atoms with Crippen LogP contribution < -0.4 is 5.32 Å². The van der Waals surface area contributed by atoms with E-state index in [-0.39, 0.29) is 0 Å². The van der Waals surface area contributed by atoms with Gasteiger partial charge in [0.25, 0.3) is 0 Å². The molecule has 0 aliphatic heterocycles. The molecule has 2 aromatic heterocycles. The predicted molar refractivity (Wildman–Crippen MR) is 66.7 cm³/mol. The maximum Gasteiger partial charge on any atom is 0.143 e. The molecule has 0 bridgehead atoms. The van der Waals surface area contributed by atoms with E-state index < -0.39 is 0 Å².